The van der Waals surface area contributed by atoms with Gasteiger partial charge in [-0.15, -0.1) is 0 Å². The number of carbonyl (C=O) groups is 3. The first-order valence-corrected chi connectivity index (χ1v) is 10.5. The predicted octanol–water partition coefficient (Wildman–Crippen LogP) is 1.64. The van der Waals surface area contributed by atoms with E-state index in [-0.39, 0.29) is 48.7 Å². The Morgan fingerprint density at radius 2 is 1.82 bits per heavy atom. The fourth-order valence-corrected chi connectivity index (χ4v) is 3.62. The molecule has 2 fully saturated rings. The molecule has 1 aromatic carbocycles. The quantitative estimate of drug-likeness (QED) is 0.670. The van der Waals surface area contributed by atoms with Crippen molar-refractivity contribution in [1.29, 1.82) is 0 Å². The summed E-state index contributed by atoms with van der Waals surface area (Å²) in [4.78, 5) is 54.1. The Bertz CT molecular complexity index is 899. The molecule has 2 aliphatic heterocycles. The van der Waals surface area contributed by atoms with E-state index in [0.717, 1.165) is 12.1 Å². The van der Waals surface area contributed by atoms with Crippen molar-refractivity contribution in [2.45, 2.75) is 39.2 Å². The molecule has 2 amide bonds. The number of hydrazine groups is 1. The molecule has 2 aliphatic rings. The molecule has 1 aromatic rings. The molecule has 0 spiro atoms. The van der Waals surface area contributed by atoms with E-state index >= 15 is 0 Å². The highest BCUT2D eigenvalue weighted by molar-refractivity contribution is 5.90. The normalized spacial score (nSPS) is 18.1. The van der Waals surface area contributed by atoms with E-state index in [4.69, 9.17) is 14.3 Å². The first-order chi connectivity index (χ1) is 15.7. The summed E-state index contributed by atoms with van der Waals surface area (Å²) in [6, 6.07) is 2.22. The van der Waals surface area contributed by atoms with E-state index < -0.39 is 23.8 Å². The molecule has 0 bridgehead atoms. The van der Waals surface area contributed by atoms with Gasteiger partial charge in [0.15, 0.2) is 11.6 Å². The predicted molar refractivity (Wildman–Crippen MR) is 111 cm³/mol. The summed E-state index contributed by atoms with van der Waals surface area (Å²) in [6.45, 7) is 4.58. The summed E-state index contributed by atoms with van der Waals surface area (Å²) < 4.78 is 35.0. The molecular weight excluding hydrogens is 442 g/mol. The molecule has 180 valence electrons. The number of carbonyl (C=O) groups excluding carboxylic acids is 5. The van der Waals surface area contributed by atoms with E-state index in [9.17, 15) is 23.2 Å². The number of Topliss-reactive ketones (excluding diaryl/α,β-unsaturated/α-hetero) is 1. The lowest BCUT2D eigenvalue weighted by Crippen LogP contribution is -2.43. The number of hydrogen-bond acceptors (Lipinski definition) is 8. The number of ether oxygens (including phenoxy) is 1. The number of ketones is 1. The molecule has 2 saturated heterocycles. The third kappa shape index (κ3) is 6.80. The number of halogens is 2. The van der Waals surface area contributed by atoms with Crippen molar-refractivity contribution in [3.05, 3.63) is 23.8 Å². The van der Waals surface area contributed by atoms with Gasteiger partial charge in [0.25, 0.3) is 0 Å². The Balaban J connectivity index is 0.00000122. The lowest BCUT2D eigenvalue weighted by molar-refractivity contribution is -0.191. The van der Waals surface area contributed by atoms with Crippen LogP contribution in [0.15, 0.2) is 12.1 Å². The zero-order chi connectivity index (χ0) is 24.5. The lowest BCUT2D eigenvalue weighted by Gasteiger charge is -2.25. The molecule has 10 nitrogen and oxygen atoms in total. The number of benzene rings is 1. The Morgan fingerprint density at radius 3 is 2.39 bits per heavy atom. The van der Waals surface area contributed by atoms with Crippen LogP contribution in [-0.4, -0.2) is 67.8 Å². The Hall–Kier alpha value is -3.37. The zero-order valence-corrected chi connectivity index (χ0v) is 18.4. The van der Waals surface area contributed by atoms with Crippen LogP contribution in [0.3, 0.4) is 0 Å². The average Bonchev–Trinajstić information content (AvgIpc) is 2.97. The minimum Gasteiger partial charge on any atom is -0.444 e. The number of nitrogens with zero attached hydrogens (tertiary/aromatic N) is 3. The van der Waals surface area contributed by atoms with Gasteiger partial charge in [-0.25, -0.2) is 19.0 Å². The summed E-state index contributed by atoms with van der Waals surface area (Å²) in [5, 5.41) is 1.46. The standard InChI is InChI=1S/C20H26F2N4O4.CO2/c1-3-18(28)26-9-8-24(7-6-23-26)19-16(21)10-14(11-17(19)22)25-12-15(30-20(25)29)5-4-13(2)27;2-1-3/h10-11,15,23H,3-9,12H2,1-2H3;/t15-;/m0./s1. The molecule has 12 heteroatoms. The minimum absolute atomic E-state index is 0.0166. The largest absolute Gasteiger partial charge is 0.444 e. The smallest absolute Gasteiger partial charge is 0.414 e. The second-order valence-corrected chi connectivity index (χ2v) is 7.49. The molecular formula is C21H26F2N4O6. The van der Waals surface area contributed by atoms with E-state index in [0.29, 0.717) is 32.5 Å². The van der Waals surface area contributed by atoms with Gasteiger partial charge in [0.1, 0.15) is 17.6 Å². The van der Waals surface area contributed by atoms with Crippen LogP contribution < -0.4 is 15.2 Å². The number of hydrogen-bond donors (Lipinski definition) is 1. The molecule has 2 heterocycles. The summed E-state index contributed by atoms with van der Waals surface area (Å²) in [5.74, 6) is -1.68. The van der Waals surface area contributed by atoms with Crippen LogP contribution >= 0.6 is 0 Å². The first kappa shape index (κ1) is 25.9. The summed E-state index contributed by atoms with van der Waals surface area (Å²) in [6.07, 6.45) is 0.0420. The van der Waals surface area contributed by atoms with Crippen LogP contribution in [-0.2, 0) is 23.9 Å². The molecule has 0 radical (unpaired) electrons. The summed E-state index contributed by atoms with van der Waals surface area (Å²) >= 11 is 0. The monoisotopic (exact) mass is 468 g/mol. The number of rotatable bonds is 6. The molecule has 0 aliphatic carbocycles. The van der Waals surface area contributed by atoms with Crippen molar-refractivity contribution in [3.63, 3.8) is 0 Å². The van der Waals surface area contributed by atoms with Crippen molar-refractivity contribution in [3.8, 4) is 0 Å². The summed E-state index contributed by atoms with van der Waals surface area (Å²) in [5.41, 5.74) is 2.84. The van der Waals surface area contributed by atoms with Crippen LogP contribution in [0.1, 0.15) is 33.1 Å². The maximum atomic E-state index is 14.9. The van der Waals surface area contributed by atoms with Crippen molar-refractivity contribution >= 4 is 35.3 Å². The molecule has 33 heavy (non-hydrogen) atoms. The van der Waals surface area contributed by atoms with Gasteiger partial charge in [-0.05, 0) is 13.3 Å². The Labute approximate surface area is 189 Å². The average molecular weight is 468 g/mol. The van der Waals surface area contributed by atoms with Gasteiger partial charge >= 0.3 is 12.2 Å². The van der Waals surface area contributed by atoms with Gasteiger partial charge in [-0.1, -0.05) is 6.92 Å². The second kappa shape index (κ2) is 12.0. The topological polar surface area (TPSA) is 116 Å². The minimum atomic E-state index is -0.791. The third-order valence-corrected chi connectivity index (χ3v) is 5.20. The van der Waals surface area contributed by atoms with E-state index in [1.165, 1.54) is 16.8 Å². The number of cyclic esters (lactones) is 1. The first-order valence-electron chi connectivity index (χ1n) is 10.5. The molecule has 0 aromatic heterocycles. The highest BCUT2D eigenvalue weighted by Crippen LogP contribution is 2.31. The number of anilines is 2. The Kier molecular flexibility index (Phi) is 9.43. The highest BCUT2D eigenvalue weighted by Gasteiger charge is 2.33. The second-order valence-electron chi connectivity index (χ2n) is 7.49. The van der Waals surface area contributed by atoms with Crippen molar-refractivity contribution in [2.24, 2.45) is 0 Å². The number of nitrogens with one attached hydrogen (secondary N) is 1. The van der Waals surface area contributed by atoms with Crippen molar-refractivity contribution in [2.75, 3.05) is 42.5 Å². The molecule has 0 unspecified atom stereocenters. The van der Waals surface area contributed by atoms with Gasteiger partial charge in [0.05, 0.1) is 18.8 Å². The van der Waals surface area contributed by atoms with Gasteiger partial charge < -0.3 is 14.4 Å². The molecule has 3 rings (SSSR count). The highest BCUT2D eigenvalue weighted by atomic mass is 19.1. The molecule has 1 N–H and O–H groups in total. The van der Waals surface area contributed by atoms with Crippen LogP contribution in [0.25, 0.3) is 0 Å². The SMILES string of the molecule is CCC(=O)N1CCN(c2c(F)cc(N3C[C@H](CCC(C)=O)OC3=O)cc2F)CCN1.O=C=O. The molecule has 1 atom stereocenters. The van der Waals surface area contributed by atoms with E-state index in [1.54, 1.807) is 11.8 Å². The zero-order valence-electron chi connectivity index (χ0n) is 18.4. The van der Waals surface area contributed by atoms with Crippen LogP contribution in [0.2, 0.25) is 0 Å². The lowest BCUT2D eigenvalue weighted by atomic mass is 10.1. The maximum Gasteiger partial charge on any atom is 0.414 e. The van der Waals surface area contributed by atoms with Gasteiger partial charge in [-0.3, -0.25) is 14.7 Å². The van der Waals surface area contributed by atoms with Gasteiger partial charge in [0, 0.05) is 44.6 Å². The van der Waals surface area contributed by atoms with Crippen molar-refractivity contribution < 1.29 is 37.5 Å². The fourth-order valence-electron chi connectivity index (χ4n) is 3.62. The van der Waals surface area contributed by atoms with Crippen molar-refractivity contribution in [1.82, 2.24) is 10.4 Å². The van der Waals surface area contributed by atoms with Crippen LogP contribution in [0.4, 0.5) is 25.0 Å². The van der Waals surface area contributed by atoms with Crippen LogP contribution in [0, 0.1) is 11.6 Å². The van der Waals surface area contributed by atoms with Gasteiger partial charge in [-0.2, -0.15) is 9.59 Å². The van der Waals surface area contributed by atoms with E-state index in [1.807, 2.05) is 0 Å². The summed E-state index contributed by atoms with van der Waals surface area (Å²) in [7, 11) is 0. The van der Waals surface area contributed by atoms with E-state index in [2.05, 4.69) is 5.43 Å². The third-order valence-electron chi connectivity index (χ3n) is 5.20. The maximum absolute atomic E-state index is 14.9. The Morgan fingerprint density at radius 1 is 1.18 bits per heavy atom. The number of amides is 2. The van der Waals surface area contributed by atoms with Gasteiger partial charge in [0.2, 0.25) is 5.91 Å². The van der Waals surface area contributed by atoms with Crippen LogP contribution in [0.5, 0.6) is 0 Å². The molecule has 0 saturated carbocycles. The fraction of sp³-hybridized carbons (Fsp3) is 0.524.